The molecule has 0 saturated carbocycles. The fourth-order valence-electron chi connectivity index (χ4n) is 2.46. The lowest BCUT2D eigenvalue weighted by molar-refractivity contribution is -0.115. The van der Waals surface area contributed by atoms with Gasteiger partial charge in [0.2, 0.25) is 5.91 Å². The van der Waals surface area contributed by atoms with Crippen molar-refractivity contribution in [3.05, 3.63) is 70.0 Å². The van der Waals surface area contributed by atoms with E-state index >= 15 is 0 Å². The van der Waals surface area contributed by atoms with Crippen LogP contribution in [0.1, 0.15) is 6.92 Å². The number of nitrogens with one attached hydrogen (secondary N) is 2. The summed E-state index contributed by atoms with van der Waals surface area (Å²) in [6.45, 7) is 1.74. The van der Waals surface area contributed by atoms with Crippen LogP contribution >= 0.6 is 23.4 Å². The Morgan fingerprint density at radius 3 is 2.64 bits per heavy atom. The van der Waals surface area contributed by atoms with Crippen molar-refractivity contribution in [1.82, 2.24) is 9.97 Å². The van der Waals surface area contributed by atoms with E-state index in [4.69, 9.17) is 16.3 Å². The Balaban J connectivity index is 1.73. The summed E-state index contributed by atoms with van der Waals surface area (Å²) in [6, 6.07) is 15.8. The van der Waals surface area contributed by atoms with E-state index in [0.717, 1.165) is 5.56 Å². The first kappa shape index (κ1) is 20.0. The zero-order valence-corrected chi connectivity index (χ0v) is 16.8. The minimum absolute atomic E-state index is 0.237. The van der Waals surface area contributed by atoms with E-state index in [0.29, 0.717) is 27.3 Å². The highest BCUT2D eigenvalue weighted by Gasteiger charge is 2.17. The van der Waals surface area contributed by atoms with E-state index in [2.05, 4.69) is 15.3 Å². The molecule has 0 saturated heterocycles. The van der Waals surface area contributed by atoms with Crippen LogP contribution in [0.2, 0.25) is 5.02 Å². The normalized spacial score (nSPS) is 11.7. The van der Waals surface area contributed by atoms with E-state index < -0.39 is 5.25 Å². The molecule has 1 amide bonds. The molecule has 0 radical (unpaired) electrons. The SMILES string of the molecule is COc1ccc(NC(=O)[C@@H](C)Sc2nc(-c3ccccc3)cc(=O)[nH]2)cc1Cl. The Morgan fingerprint density at radius 1 is 1.21 bits per heavy atom. The van der Waals surface area contributed by atoms with E-state index in [1.54, 1.807) is 25.1 Å². The first-order valence-corrected chi connectivity index (χ1v) is 9.70. The van der Waals surface area contributed by atoms with Crippen molar-refractivity contribution in [2.75, 3.05) is 12.4 Å². The monoisotopic (exact) mass is 415 g/mol. The van der Waals surface area contributed by atoms with Crippen LogP contribution in [0.5, 0.6) is 5.75 Å². The van der Waals surface area contributed by atoms with E-state index in [-0.39, 0.29) is 11.5 Å². The number of nitrogens with zero attached hydrogens (tertiary/aromatic N) is 1. The fraction of sp³-hybridized carbons (Fsp3) is 0.150. The predicted octanol–water partition coefficient (Wildman–Crippen LogP) is 4.22. The van der Waals surface area contributed by atoms with Crippen LogP contribution in [-0.2, 0) is 4.79 Å². The number of anilines is 1. The third kappa shape index (κ3) is 4.94. The summed E-state index contributed by atoms with van der Waals surface area (Å²) in [6.07, 6.45) is 0. The molecule has 0 aliphatic rings. The molecule has 0 aliphatic carbocycles. The molecule has 1 aromatic heterocycles. The first-order chi connectivity index (χ1) is 13.5. The van der Waals surface area contributed by atoms with Gasteiger partial charge in [-0.05, 0) is 25.1 Å². The van der Waals surface area contributed by atoms with Gasteiger partial charge in [-0.3, -0.25) is 9.59 Å². The molecule has 28 heavy (non-hydrogen) atoms. The van der Waals surface area contributed by atoms with E-state index in [1.807, 2.05) is 30.3 Å². The quantitative estimate of drug-likeness (QED) is 0.465. The fourth-order valence-corrected chi connectivity index (χ4v) is 3.53. The Bertz CT molecular complexity index is 1040. The van der Waals surface area contributed by atoms with Crippen LogP contribution in [0.15, 0.2) is 64.5 Å². The van der Waals surface area contributed by atoms with Crippen molar-refractivity contribution in [3.63, 3.8) is 0 Å². The Morgan fingerprint density at radius 2 is 1.96 bits per heavy atom. The van der Waals surface area contributed by atoms with Gasteiger partial charge < -0.3 is 15.0 Å². The number of carbonyl (C=O) groups excluding carboxylic acids is 1. The molecule has 0 unspecified atom stereocenters. The molecule has 0 bridgehead atoms. The molecular formula is C20H18ClN3O3S. The number of amides is 1. The van der Waals surface area contributed by atoms with Gasteiger partial charge in [0, 0.05) is 17.3 Å². The Labute approximate surface area is 171 Å². The number of hydrogen-bond donors (Lipinski definition) is 2. The summed E-state index contributed by atoms with van der Waals surface area (Å²) >= 11 is 7.25. The third-order valence-electron chi connectivity index (χ3n) is 3.87. The minimum Gasteiger partial charge on any atom is -0.495 e. The molecule has 1 heterocycles. The lowest BCUT2D eigenvalue weighted by atomic mass is 10.1. The second kappa shape index (κ2) is 8.95. The number of H-pyrrole nitrogens is 1. The van der Waals surface area contributed by atoms with Gasteiger partial charge in [-0.15, -0.1) is 0 Å². The number of carbonyl (C=O) groups is 1. The maximum Gasteiger partial charge on any atom is 0.252 e. The van der Waals surface area contributed by atoms with Crippen LogP contribution < -0.4 is 15.6 Å². The van der Waals surface area contributed by atoms with Crippen LogP contribution in [0.25, 0.3) is 11.3 Å². The number of aromatic nitrogens is 2. The second-order valence-electron chi connectivity index (χ2n) is 5.90. The van der Waals surface area contributed by atoms with Crippen LogP contribution in [0, 0.1) is 0 Å². The molecule has 6 nitrogen and oxygen atoms in total. The molecule has 0 aliphatic heterocycles. The second-order valence-corrected chi connectivity index (χ2v) is 7.64. The largest absolute Gasteiger partial charge is 0.495 e. The number of aromatic amines is 1. The van der Waals surface area contributed by atoms with Gasteiger partial charge in [0.1, 0.15) is 5.75 Å². The summed E-state index contributed by atoms with van der Waals surface area (Å²) in [4.78, 5) is 31.6. The summed E-state index contributed by atoms with van der Waals surface area (Å²) in [5.74, 6) is 0.292. The highest BCUT2D eigenvalue weighted by molar-refractivity contribution is 8.00. The summed E-state index contributed by atoms with van der Waals surface area (Å²) in [5.41, 5.74) is 1.68. The molecule has 3 aromatic rings. The number of benzene rings is 2. The average molecular weight is 416 g/mol. The van der Waals surface area contributed by atoms with Crippen LogP contribution in [0.4, 0.5) is 5.69 Å². The van der Waals surface area contributed by atoms with Crippen LogP contribution in [0.3, 0.4) is 0 Å². The third-order valence-corrected chi connectivity index (χ3v) is 5.15. The number of thioether (sulfide) groups is 1. The zero-order valence-electron chi connectivity index (χ0n) is 15.2. The van der Waals surface area contributed by atoms with Gasteiger partial charge >= 0.3 is 0 Å². The number of methoxy groups -OCH3 is 1. The number of ether oxygens (including phenoxy) is 1. The Hall–Kier alpha value is -2.77. The molecule has 0 spiro atoms. The van der Waals surface area contributed by atoms with Gasteiger partial charge in [-0.2, -0.15) is 0 Å². The lowest BCUT2D eigenvalue weighted by Crippen LogP contribution is -2.23. The highest BCUT2D eigenvalue weighted by atomic mass is 35.5. The standard InChI is InChI=1S/C20H18ClN3O3S/c1-12(19(26)22-14-8-9-17(27-2)15(21)10-14)28-20-23-16(11-18(25)24-20)13-6-4-3-5-7-13/h3-12H,1-2H3,(H,22,26)(H,23,24,25)/t12-/m1/s1. The molecule has 144 valence electrons. The predicted molar refractivity (Wildman–Crippen MR) is 112 cm³/mol. The van der Waals surface area contributed by atoms with Crippen molar-refractivity contribution >= 4 is 35.0 Å². The van der Waals surface area contributed by atoms with Gasteiger partial charge in [0.15, 0.2) is 5.16 Å². The number of rotatable bonds is 6. The molecule has 2 N–H and O–H groups in total. The molecule has 2 aromatic carbocycles. The van der Waals surface area contributed by atoms with Crippen molar-refractivity contribution < 1.29 is 9.53 Å². The maximum absolute atomic E-state index is 12.5. The topological polar surface area (TPSA) is 84.1 Å². The van der Waals surface area contributed by atoms with Crippen molar-refractivity contribution in [2.45, 2.75) is 17.3 Å². The van der Waals surface area contributed by atoms with Crippen molar-refractivity contribution in [3.8, 4) is 17.0 Å². The maximum atomic E-state index is 12.5. The highest BCUT2D eigenvalue weighted by Crippen LogP contribution is 2.28. The smallest absolute Gasteiger partial charge is 0.252 e. The average Bonchev–Trinajstić information content (AvgIpc) is 2.68. The van der Waals surface area contributed by atoms with Crippen LogP contribution in [-0.4, -0.2) is 28.2 Å². The summed E-state index contributed by atoms with van der Waals surface area (Å²) < 4.78 is 5.10. The minimum atomic E-state index is -0.491. The van der Waals surface area contributed by atoms with Crippen molar-refractivity contribution in [1.29, 1.82) is 0 Å². The zero-order chi connectivity index (χ0) is 20.1. The van der Waals surface area contributed by atoms with Gasteiger partial charge in [0.05, 0.1) is 23.1 Å². The number of halogens is 1. The molecule has 1 atom stereocenters. The van der Waals surface area contributed by atoms with Gasteiger partial charge in [0.25, 0.3) is 5.56 Å². The van der Waals surface area contributed by atoms with E-state index in [1.165, 1.54) is 24.9 Å². The first-order valence-electron chi connectivity index (χ1n) is 8.44. The summed E-state index contributed by atoms with van der Waals surface area (Å²) in [7, 11) is 1.52. The number of hydrogen-bond acceptors (Lipinski definition) is 5. The van der Waals surface area contributed by atoms with Crippen molar-refractivity contribution in [2.24, 2.45) is 0 Å². The molecular weight excluding hydrogens is 398 g/mol. The van der Waals surface area contributed by atoms with E-state index in [9.17, 15) is 9.59 Å². The lowest BCUT2D eigenvalue weighted by Gasteiger charge is -2.13. The summed E-state index contributed by atoms with van der Waals surface area (Å²) in [5, 5.41) is 3.09. The van der Waals surface area contributed by atoms with Gasteiger partial charge in [-0.25, -0.2) is 4.98 Å². The molecule has 8 heteroatoms. The Kier molecular flexibility index (Phi) is 6.38. The van der Waals surface area contributed by atoms with Gasteiger partial charge in [-0.1, -0.05) is 53.7 Å². The molecule has 3 rings (SSSR count). The molecule has 0 fully saturated rings.